The first-order valence-corrected chi connectivity index (χ1v) is 5.82. The van der Waals surface area contributed by atoms with Crippen LogP contribution in [0.5, 0.6) is 0 Å². The van der Waals surface area contributed by atoms with E-state index in [-0.39, 0.29) is 11.9 Å². The lowest BCUT2D eigenvalue weighted by molar-refractivity contribution is -0.119. The number of nitrogens with one attached hydrogen (secondary N) is 4. The Kier molecular flexibility index (Phi) is 5.20. The number of carbonyl (C=O) groups is 1. The fraction of sp³-hybridized carbons (Fsp3) is 0.700. The number of amides is 1. The third kappa shape index (κ3) is 3.03. The number of rotatable bonds is 2. The summed E-state index contributed by atoms with van der Waals surface area (Å²) >= 11 is 0. The third-order valence-corrected chi connectivity index (χ3v) is 2.77. The van der Waals surface area contributed by atoms with Crippen LogP contribution >= 0.6 is 0 Å². The first-order valence-electron chi connectivity index (χ1n) is 5.82. The molecular weight excluding hydrogens is 238 g/mol. The first-order chi connectivity index (χ1) is 8.61. The molecule has 0 saturated carbocycles. The normalized spacial score (nSPS) is 27.5. The Balaban J connectivity index is 0.000000771. The van der Waals surface area contributed by atoms with E-state index in [0.717, 1.165) is 7.11 Å². The van der Waals surface area contributed by atoms with Gasteiger partial charge in [0.15, 0.2) is 6.29 Å². The summed E-state index contributed by atoms with van der Waals surface area (Å²) in [5.74, 6) is 0.331. The van der Waals surface area contributed by atoms with Gasteiger partial charge >= 0.3 is 0 Å². The highest BCUT2D eigenvalue weighted by molar-refractivity contribution is 5.94. The highest BCUT2D eigenvalue weighted by atomic mass is 16.3. The summed E-state index contributed by atoms with van der Waals surface area (Å²) in [7, 11) is 1.00. The van der Waals surface area contributed by atoms with Crippen molar-refractivity contribution in [1.29, 1.82) is 0 Å². The van der Waals surface area contributed by atoms with Gasteiger partial charge < -0.3 is 31.5 Å². The predicted octanol–water partition coefficient (Wildman–Crippen LogP) is -2.94. The van der Waals surface area contributed by atoms with Gasteiger partial charge in [0.1, 0.15) is 11.5 Å². The number of carbonyl (C=O) groups excluding carboxylic acids is 1. The van der Waals surface area contributed by atoms with Crippen LogP contribution < -0.4 is 27.0 Å². The standard InChI is InChI=1S/C9H17N5O2.CH4O/c1-2-5(15)4-3-11-7-6(12-4)8(16)14-9(10)13-7;1-2/h4-5,9,11-13,15H,2-3,10H2,1H3,(H,14,16);2H,1H3/t4-,5?,9?;/m1./s1. The molecule has 2 rings (SSSR count). The molecule has 1 amide bonds. The van der Waals surface area contributed by atoms with E-state index in [9.17, 15) is 9.90 Å². The van der Waals surface area contributed by atoms with Gasteiger partial charge in [-0.3, -0.25) is 10.5 Å². The van der Waals surface area contributed by atoms with E-state index in [2.05, 4.69) is 21.3 Å². The molecule has 0 fully saturated rings. The lowest BCUT2D eigenvalue weighted by atomic mass is 10.1. The zero-order valence-corrected chi connectivity index (χ0v) is 10.5. The molecule has 0 aliphatic carbocycles. The summed E-state index contributed by atoms with van der Waals surface area (Å²) in [6.45, 7) is 2.45. The summed E-state index contributed by atoms with van der Waals surface area (Å²) in [5.41, 5.74) is 5.97. The molecule has 0 bridgehead atoms. The monoisotopic (exact) mass is 259 g/mol. The van der Waals surface area contributed by atoms with Crippen molar-refractivity contribution in [2.24, 2.45) is 5.73 Å². The van der Waals surface area contributed by atoms with Gasteiger partial charge in [0, 0.05) is 13.7 Å². The number of aliphatic hydroxyl groups excluding tert-OH is 2. The topological polar surface area (TPSA) is 132 Å². The van der Waals surface area contributed by atoms with E-state index < -0.39 is 12.4 Å². The van der Waals surface area contributed by atoms with Crippen molar-refractivity contribution in [2.45, 2.75) is 31.8 Å². The Morgan fingerprint density at radius 3 is 2.67 bits per heavy atom. The van der Waals surface area contributed by atoms with Crippen LogP contribution in [0.2, 0.25) is 0 Å². The molecule has 8 N–H and O–H groups in total. The molecule has 104 valence electrons. The molecule has 0 radical (unpaired) electrons. The maximum Gasteiger partial charge on any atom is 0.273 e. The van der Waals surface area contributed by atoms with Crippen molar-refractivity contribution >= 4 is 5.91 Å². The lowest BCUT2D eigenvalue weighted by Gasteiger charge is -2.36. The second kappa shape index (κ2) is 6.43. The van der Waals surface area contributed by atoms with E-state index in [1.807, 2.05) is 6.92 Å². The van der Waals surface area contributed by atoms with Crippen molar-refractivity contribution in [3.05, 3.63) is 11.5 Å². The van der Waals surface area contributed by atoms with Crippen molar-refractivity contribution < 1.29 is 15.0 Å². The van der Waals surface area contributed by atoms with Crippen LogP contribution in [0.3, 0.4) is 0 Å². The first kappa shape index (κ1) is 14.6. The van der Waals surface area contributed by atoms with Gasteiger partial charge in [0.2, 0.25) is 0 Å². The van der Waals surface area contributed by atoms with Gasteiger partial charge in [0.05, 0.1) is 12.1 Å². The second-order valence-electron chi connectivity index (χ2n) is 3.95. The van der Waals surface area contributed by atoms with Gasteiger partial charge in [-0.15, -0.1) is 0 Å². The summed E-state index contributed by atoms with van der Waals surface area (Å²) in [6.07, 6.45) is -0.422. The number of hydrogen-bond acceptors (Lipinski definition) is 7. The third-order valence-electron chi connectivity index (χ3n) is 2.77. The van der Waals surface area contributed by atoms with Crippen LogP contribution in [0.1, 0.15) is 13.3 Å². The van der Waals surface area contributed by atoms with Gasteiger partial charge in [-0.05, 0) is 6.42 Å². The molecule has 2 aliphatic heterocycles. The largest absolute Gasteiger partial charge is 0.400 e. The molecule has 0 aromatic heterocycles. The molecule has 8 nitrogen and oxygen atoms in total. The summed E-state index contributed by atoms with van der Waals surface area (Å²) in [5, 5.41) is 28.2. The average molecular weight is 259 g/mol. The van der Waals surface area contributed by atoms with Gasteiger partial charge in [0.25, 0.3) is 5.91 Å². The molecular formula is C10H21N5O3. The summed E-state index contributed by atoms with van der Waals surface area (Å²) in [6, 6.07) is -0.161. The zero-order valence-electron chi connectivity index (χ0n) is 10.5. The molecule has 2 aliphatic rings. The minimum Gasteiger partial charge on any atom is -0.400 e. The molecule has 18 heavy (non-hydrogen) atoms. The predicted molar refractivity (Wildman–Crippen MR) is 65.6 cm³/mol. The molecule has 3 atom stereocenters. The molecule has 0 aromatic rings. The molecule has 8 heteroatoms. The Labute approximate surface area is 106 Å². The second-order valence-corrected chi connectivity index (χ2v) is 3.95. The smallest absolute Gasteiger partial charge is 0.273 e. The fourth-order valence-electron chi connectivity index (χ4n) is 1.83. The fourth-order valence-corrected chi connectivity index (χ4v) is 1.83. The SMILES string of the molecule is CCC(O)[C@H]1CNC2=C(N1)C(=O)NC(N)N2.CO. The Morgan fingerprint density at radius 1 is 1.39 bits per heavy atom. The molecule has 0 spiro atoms. The Morgan fingerprint density at radius 2 is 2.06 bits per heavy atom. The number of nitrogens with two attached hydrogens (primary N) is 1. The minimum atomic E-state index is -0.576. The molecule has 0 aromatic carbocycles. The maximum absolute atomic E-state index is 11.6. The van der Waals surface area contributed by atoms with Crippen molar-refractivity contribution in [1.82, 2.24) is 21.3 Å². The van der Waals surface area contributed by atoms with E-state index >= 15 is 0 Å². The van der Waals surface area contributed by atoms with Crippen molar-refractivity contribution in [2.75, 3.05) is 13.7 Å². The maximum atomic E-state index is 11.6. The highest BCUT2D eigenvalue weighted by Crippen LogP contribution is 2.10. The lowest BCUT2D eigenvalue weighted by Crippen LogP contribution is -2.64. The van der Waals surface area contributed by atoms with E-state index in [0.29, 0.717) is 24.5 Å². The average Bonchev–Trinajstić information content (AvgIpc) is 2.39. The molecule has 0 saturated heterocycles. The summed E-state index contributed by atoms with van der Waals surface area (Å²) in [4.78, 5) is 11.6. The summed E-state index contributed by atoms with van der Waals surface area (Å²) < 4.78 is 0. The quantitative estimate of drug-likeness (QED) is 0.282. The van der Waals surface area contributed by atoms with Crippen LogP contribution in [0.25, 0.3) is 0 Å². The van der Waals surface area contributed by atoms with Crippen LogP contribution in [0.15, 0.2) is 11.5 Å². The molecule has 2 heterocycles. The van der Waals surface area contributed by atoms with Crippen molar-refractivity contribution in [3.63, 3.8) is 0 Å². The van der Waals surface area contributed by atoms with Crippen LogP contribution in [-0.4, -0.2) is 48.2 Å². The number of aliphatic hydroxyl groups is 2. The van der Waals surface area contributed by atoms with E-state index in [1.54, 1.807) is 0 Å². The van der Waals surface area contributed by atoms with Crippen LogP contribution in [-0.2, 0) is 4.79 Å². The Bertz CT molecular complexity index is 333. The van der Waals surface area contributed by atoms with Gasteiger partial charge in [-0.25, -0.2) is 0 Å². The van der Waals surface area contributed by atoms with Crippen LogP contribution in [0, 0.1) is 0 Å². The van der Waals surface area contributed by atoms with Crippen molar-refractivity contribution in [3.8, 4) is 0 Å². The van der Waals surface area contributed by atoms with Gasteiger partial charge in [-0.1, -0.05) is 6.92 Å². The zero-order chi connectivity index (χ0) is 13.7. The van der Waals surface area contributed by atoms with E-state index in [1.165, 1.54) is 0 Å². The minimum absolute atomic E-state index is 0.161. The molecule has 2 unspecified atom stereocenters. The van der Waals surface area contributed by atoms with Gasteiger partial charge in [-0.2, -0.15) is 0 Å². The Hall–Kier alpha value is -1.51. The number of hydrogen-bond donors (Lipinski definition) is 7. The van der Waals surface area contributed by atoms with E-state index in [4.69, 9.17) is 10.8 Å². The highest BCUT2D eigenvalue weighted by Gasteiger charge is 2.32. The van der Waals surface area contributed by atoms with Crippen LogP contribution in [0.4, 0.5) is 0 Å².